The van der Waals surface area contributed by atoms with Gasteiger partial charge in [0, 0.05) is 11.5 Å². The van der Waals surface area contributed by atoms with Gasteiger partial charge in [-0.1, -0.05) is 18.7 Å². The summed E-state index contributed by atoms with van der Waals surface area (Å²) in [6.07, 6.45) is 3.54. The highest BCUT2D eigenvalue weighted by Crippen LogP contribution is 2.42. The molecule has 0 saturated heterocycles. The van der Waals surface area contributed by atoms with Gasteiger partial charge in [0.15, 0.2) is 0 Å². The standard InChI is InChI=1S/C18H24O9S/c1-11(2)18(21)25-9-8-24-14(19)6-7-15(20)26-16-12-4-3-5-13(10-12)17(16)27-28(22)23/h3-4,12-13,16-17H,1,5-10H2,2H3,(H,22,23). The summed E-state index contributed by atoms with van der Waals surface area (Å²) in [5.74, 6) is -1.88. The number of carbonyl (C=O) groups is 3. The van der Waals surface area contributed by atoms with Crippen molar-refractivity contribution in [3.8, 4) is 0 Å². The molecule has 2 aliphatic rings. The molecule has 5 unspecified atom stereocenters. The Kier molecular flexibility index (Phi) is 8.34. The lowest BCUT2D eigenvalue weighted by Gasteiger charge is -2.22. The van der Waals surface area contributed by atoms with Gasteiger partial charge >= 0.3 is 29.3 Å². The monoisotopic (exact) mass is 416 g/mol. The minimum Gasteiger partial charge on any atom is -0.462 e. The fourth-order valence-electron chi connectivity index (χ4n) is 3.26. The first kappa shape index (κ1) is 22.3. The molecule has 156 valence electrons. The van der Waals surface area contributed by atoms with Gasteiger partial charge in [-0.05, 0) is 25.7 Å². The minimum absolute atomic E-state index is 0.00998. The normalized spacial score (nSPS) is 26.4. The van der Waals surface area contributed by atoms with Crippen LogP contribution in [0.4, 0.5) is 0 Å². The molecular formula is C18H24O9S. The number of ether oxygens (including phenoxy) is 3. The van der Waals surface area contributed by atoms with Gasteiger partial charge in [-0.25, -0.2) is 4.79 Å². The van der Waals surface area contributed by atoms with Crippen LogP contribution in [0.1, 0.15) is 32.6 Å². The van der Waals surface area contributed by atoms with Crippen molar-refractivity contribution in [2.75, 3.05) is 13.2 Å². The van der Waals surface area contributed by atoms with Crippen LogP contribution in [0.25, 0.3) is 0 Å². The molecule has 1 N–H and O–H groups in total. The molecule has 5 atom stereocenters. The summed E-state index contributed by atoms with van der Waals surface area (Å²) in [4.78, 5) is 34.9. The van der Waals surface area contributed by atoms with Gasteiger partial charge in [-0.3, -0.25) is 18.3 Å². The number of fused-ring (bicyclic) bond motifs is 2. The van der Waals surface area contributed by atoms with E-state index >= 15 is 0 Å². The maximum atomic E-state index is 12.1. The molecule has 0 aromatic carbocycles. The van der Waals surface area contributed by atoms with Crippen molar-refractivity contribution in [3.63, 3.8) is 0 Å². The first-order valence-corrected chi connectivity index (χ1v) is 9.93. The zero-order chi connectivity index (χ0) is 20.7. The molecule has 9 nitrogen and oxygen atoms in total. The Bertz CT molecular complexity index is 672. The Morgan fingerprint density at radius 3 is 2.50 bits per heavy atom. The second-order valence-corrected chi connectivity index (χ2v) is 7.32. The van der Waals surface area contributed by atoms with Crippen molar-refractivity contribution in [1.82, 2.24) is 0 Å². The maximum Gasteiger partial charge on any atom is 0.333 e. The number of carbonyl (C=O) groups excluding carboxylic acids is 3. The van der Waals surface area contributed by atoms with E-state index in [-0.39, 0.29) is 43.5 Å². The molecule has 0 aliphatic heterocycles. The summed E-state index contributed by atoms with van der Waals surface area (Å²) < 4.78 is 40.2. The van der Waals surface area contributed by atoms with Gasteiger partial charge in [-0.2, -0.15) is 4.21 Å². The van der Waals surface area contributed by atoms with E-state index in [0.29, 0.717) is 12.8 Å². The molecule has 0 aromatic rings. The highest BCUT2D eigenvalue weighted by molar-refractivity contribution is 7.74. The number of rotatable bonds is 10. The van der Waals surface area contributed by atoms with E-state index in [4.69, 9.17) is 22.9 Å². The first-order chi connectivity index (χ1) is 13.3. The maximum absolute atomic E-state index is 12.1. The van der Waals surface area contributed by atoms with Crippen LogP contribution in [0.3, 0.4) is 0 Å². The van der Waals surface area contributed by atoms with Crippen molar-refractivity contribution >= 4 is 29.3 Å². The van der Waals surface area contributed by atoms with E-state index in [1.54, 1.807) is 0 Å². The van der Waals surface area contributed by atoms with Gasteiger partial charge in [-0.15, -0.1) is 0 Å². The lowest BCUT2D eigenvalue weighted by molar-refractivity contribution is -0.158. The second kappa shape index (κ2) is 10.5. The summed E-state index contributed by atoms with van der Waals surface area (Å²) in [7, 11) is 0. The Labute approximate surface area is 165 Å². The number of esters is 3. The van der Waals surface area contributed by atoms with Crippen LogP contribution < -0.4 is 0 Å². The second-order valence-electron chi connectivity index (χ2n) is 6.69. The zero-order valence-electron chi connectivity index (χ0n) is 15.5. The van der Waals surface area contributed by atoms with Crippen LogP contribution in [0.15, 0.2) is 24.3 Å². The summed E-state index contributed by atoms with van der Waals surface area (Å²) in [6, 6.07) is 0. The summed E-state index contributed by atoms with van der Waals surface area (Å²) in [5, 5.41) is 0. The third-order valence-corrected chi connectivity index (χ3v) is 4.92. The van der Waals surface area contributed by atoms with Crippen molar-refractivity contribution < 1.29 is 41.5 Å². The largest absolute Gasteiger partial charge is 0.462 e. The van der Waals surface area contributed by atoms with Crippen LogP contribution in [0.2, 0.25) is 0 Å². The smallest absolute Gasteiger partial charge is 0.333 e. The average molecular weight is 416 g/mol. The predicted octanol–water partition coefficient (Wildman–Crippen LogP) is 1.46. The van der Waals surface area contributed by atoms with E-state index in [1.807, 2.05) is 12.2 Å². The average Bonchev–Trinajstić information content (AvgIpc) is 2.86. The van der Waals surface area contributed by atoms with Crippen LogP contribution in [0.5, 0.6) is 0 Å². The molecular weight excluding hydrogens is 392 g/mol. The van der Waals surface area contributed by atoms with E-state index in [9.17, 15) is 18.6 Å². The first-order valence-electron chi connectivity index (χ1n) is 8.90. The fourth-order valence-corrected chi connectivity index (χ4v) is 3.72. The lowest BCUT2D eigenvalue weighted by atomic mass is 9.95. The Hall–Kier alpha value is -2.04. The van der Waals surface area contributed by atoms with Crippen LogP contribution in [-0.2, 0) is 44.1 Å². The van der Waals surface area contributed by atoms with Crippen LogP contribution >= 0.6 is 0 Å². The van der Waals surface area contributed by atoms with Crippen LogP contribution in [-0.4, -0.2) is 52.1 Å². The molecule has 10 heteroatoms. The molecule has 0 radical (unpaired) electrons. The van der Waals surface area contributed by atoms with Gasteiger partial charge in [0.2, 0.25) is 0 Å². The summed E-state index contributed by atoms with van der Waals surface area (Å²) in [6.45, 7) is 4.70. The molecule has 1 fully saturated rings. The van der Waals surface area contributed by atoms with Crippen molar-refractivity contribution in [1.29, 1.82) is 0 Å². The fraction of sp³-hybridized carbons (Fsp3) is 0.611. The number of allylic oxidation sites excluding steroid dienone is 1. The van der Waals surface area contributed by atoms with E-state index in [0.717, 1.165) is 0 Å². The van der Waals surface area contributed by atoms with E-state index in [2.05, 4.69) is 6.58 Å². The Morgan fingerprint density at radius 1 is 1.14 bits per heavy atom. The van der Waals surface area contributed by atoms with Gasteiger partial charge < -0.3 is 14.2 Å². The summed E-state index contributed by atoms with van der Waals surface area (Å²) >= 11 is -2.46. The molecule has 2 aliphatic carbocycles. The Balaban J connectivity index is 1.71. The number of hydrogen-bond donors (Lipinski definition) is 1. The SMILES string of the molecule is C=C(C)C(=O)OCCOC(=O)CCC(=O)OC1C2C=CCC(C2)C1OS(=O)O. The van der Waals surface area contributed by atoms with E-state index < -0.39 is 41.5 Å². The molecule has 2 bridgehead atoms. The van der Waals surface area contributed by atoms with Gasteiger partial charge in [0.25, 0.3) is 0 Å². The van der Waals surface area contributed by atoms with Crippen molar-refractivity contribution in [2.24, 2.45) is 11.8 Å². The molecule has 2 rings (SSSR count). The predicted molar refractivity (Wildman–Crippen MR) is 96.8 cm³/mol. The third-order valence-electron chi connectivity index (χ3n) is 4.53. The topological polar surface area (TPSA) is 125 Å². The van der Waals surface area contributed by atoms with Crippen molar-refractivity contribution in [2.45, 2.75) is 44.8 Å². The molecule has 1 saturated carbocycles. The highest BCUT2D eigenvalue weighted by Gasteiger charge is 2.47. The lowest BCUT2D eigenvalue weighted by Crippen LogP contribution is -2.35. The highest BCUT2D eigenvalue weighted by atomic mass is 32.2. The van der Waals surface area contributed by atoms with Gasteiger partial charge in [0.1, 0.15) is 25.4 Å². The van der Waals surface area contributed by atoms with E-state index in [1.165, 1.54) is 6.92 Å². The molecule has 0 aromatic heterocycles. The molecule has 0 amide bonds. The molecule has 0 heterocycles. The molecule has 28 heavy (non-hydrogen) atoms. The van der Waals surface area contributed by atoms with Crippen LogP contribution in [0, 0.1) is 11.8 Å². The number of hydrogen-bond acceptors (Lipinski definition) is 8. The quantitative estimate of drug-likeness (QED) is 0.141. The molecule has 0 spiro atoms. The zero-order valence-corrected chi connectivity index (χ0v) is 16.4. The van der Waals surface area contributed by atoms with Gasteiger partial charge in [0.05, 0.1) is 12.8 Å². The minimum atomic E-state index is -2.46. The third kappa shape index (κ3) is 6.54. The summed E-state index contributed by atoms with van der Waals surface area (Å²) in [5.41, 5.74) is 0.243. The Morgan fingerprint density at radius 2 is 1.82 bits per heavy atom. The van der Waals surface area contributed by atoms with Crippen molar-refractivity contribution in [3.05, 3.63) is 24.3 Å².